The molecule has 1 fully saturated rings. The monoisotopic (exact) mass is 257 g/mol. The minimum absolute atomic E-state index is 0.744. The molecule has 5 nitrogen and oxygen atoms in total. The van der Waals surface area contributed by atoms with E-state index in [9.17, 15) is 0 Å². The summed E-state index contributed by atoms with van der Waals surface area (Å²) in [6.07, 6.45) is 0.835. The number of morpholine rings is 1. The summed E-state index contributed by atoms with van der Waals surface area (Å²) in [5.41, 5.74) is 0. The quantitative estimate of drug-likeness (QED) is 0.714. The molecule has 0 unspecified atom stereocenters. The van der Waals surface area contributed by atoms with Crippen LogP contribution in [0.15, 0.2) is 4.52 Å². The molecule has 1 aliphatic rings. The van der Waals surface area contributed by atoms with Gasteiger partial charge in [0.15, 0.2) is 5.82 Å². The molecule has 0 bridgehead atoms. The standard InChI is InChI=1S/C11H19N3O2S/c1-2-10-12-11(16-13-10)9-17-8-5-14-3-6-15-7-4-14/h2-9H2,1H3. The second kappa shape index (κ2) is 6.98. The van der Waals surface area contributed by atoms with E-state index in [2.05, 4.69) is 15.0 Å². The molecular formula is C11H19N3O2S. The van der Waals surface area contributed by atoms with Gasteiger partial charge in [0.2, 0.25) is 5.89 Å². The van der Waals surface area contributed by atoms with Gasteiger partial charge in [-0.3, -0.25) is 4.90 Å². The Labute approximate surface area is 106 Å². The van der Waals surface area contributed by atoms with Crippen LogP contribution >= 0.6 is 11.8 Å². The summed E-state index contributed by atoms with van der Waals surface area (Å²) in [5.74, 6) is 3.46. The van der Waals surface area contributed by atoms with Crippen molar-refractivity contribution >= 4 is 11.8 Å². The Balaban J connectivity index is 1.59. The summed E-state index contributed by atoms with van der Waals surface area (Å²) >= 11 is 1.85. The average molecular weight is 257 g/mol. The molecule has 1 aliphatic heterocycles. The third-order valence-electron chi connectivity index (χ3n) is 2.71. The highest BCUT2D eigenvalue weighted by Crippen LogP contribution is 2.11. The van der Waals surface area contributed by atoms with Crippen LogP contribution < -0.4 is 0 Å². The van der Waals surface area contributed by atoms with E-state index in [0.29, 0.717) is 0 Å². The maximum atomic E-state index is 5.31. The molecule has 0 aromatic carbocycles. The Morgan fingerprint density at radius 2 is 2.18 bits per heavy atom. The Kier molecular flexibility index (Phi) is 5.28. The fourth-order valence-corrected chi connectivity index (χ4v) is 2.49. The van der Waals surface area contributed by atoms with Gasteiger partial charge in [-0.1, -0.05) is 12.1 Å². The van der Waals surface area contributed by atoms with Crippen LogP contribution in [-0.2, 0) is 16.9 Å². The van der Waals surface area contributed by atoms with Gasteiger partial charge < -0.3 is 9.26 Å². The SMILES string of the molecule is CCc1noc(CSCCN2CCOCC2)n1. The number of hydrogen-bond acceptors (Lipinski definition) is 6. The van der Waals surface area contributed by atoms with E-state index in [-0.39, 0.29) is 0 Å². The second-order valence-electron chi connectivity index (χ2n) is 3.96. The van der Waals surface area contributed by atoms with E-state index in [1.807, 2.05) is 18.7 Å². The molecule has 96 valence electrons. The van der Waals surface area contributed by atoms with Crippen molar-refractivity contribution in [1.82, 2.24) is 15.0 Å². The van der Waals surface area contributed by atoms with E-state index in [4.69, 9.17) is 9.26 Å². The molecule has 2 heterocycles. The van der Waals surface area contributed by atoms with Gasteiger partial charge in [0.25, 0.3) is 0 Å². The van der Waals surface area contributed by atoms with E-state index in [1.165, 1.54) is 0 Å². The molecule has 0 spiro atoms. The predicted molar refractivity (Wildman–Crippen MR) is 67.1 cm³/mol. The van der Waals surface area contributed by atoms with Crippen LogP contribution in [0.2, 0.25) is 0 Å². The molecule has 0 saturated carbocycles. The van der Waals surface area contributed by atoms with Crippen molar-refractivity contribution in [3.8, 4) is 0 Å². The number of thioether (sulfide) groups is 1. The number of ether oxygens (including phenoxy) is 1. The molecule has 6 heteroatoms. The Hall–Kier alpha value is -0.590. The summed E-state index contributed by atoms with van der Waals surface area (Å²) in [5, 5.41) is 3.88. The van der Waals surface area contributed by atoms with Crippen molar-refractivity contribution in [2.24, 2.45) is 0 Å². The minimum Gasteiger partial charge on any atom is -0.379 e. The summed E-state index contributed by atoms with van der Waals surface area (Å²) in [4.78, 5) is 6.71. The Morgan fingerprint density at radius 1 is 1.35 bits per heavy atom. The first-order valence-electron chi connectivity index (χ1n) is 6.08. The van der Waals surface area contributed by atoms with Crippen molar-refractivity contribution in [3.05, 3.63) is 11.7 Å². The van der Waals surface area contributed by atoms with Gasteiger partial charge in [-0.05, 0) is 0 Å². The molecule has 0 radical (unpaired) electrons. The van der Waals surface area contributed by atoms with Crippen LogP contribution in [0.25, 0.3) is 0 Å². The molecule has 1 saturated heterocycles. The number of aryl methyl sites for hydroxylation is 1. The number of nitrogens with zero attached hydrogens (tertiary/aromatic N) is 3. The maximum absolute atomic E-state index is 5.31. The first-order chi connectivity index (χ1) is 8.38. The van der Waals surface area contributed by atoms with Crippen molar-refractivity contribution < 1.29 is 9.26 Å². The van der Waals surface area contributed by atoms with Gasteiger partial charge in [-0.25, -0.2) is 0 Å². The zero-order valence-electron chi connectivity index (χ0n) is 10.2. The molecule has 2 rings (SSSR count). The van der Waals surface area contributed by atoms with Crippen molar-refractivity contribution in [2.45, 2.75) is 19.1 Å². The zero-order chi connectivity index (χ0) is 11.9. The Bertz CT molecular complexity index is 326. The maximum Gasteiger partial charge on any atom is 0.236 e. The lowest BCUT2D eigenvalue weighted by atomic mass is 10.4. The van der Waals surface area contributed by atoms with Crippen molar-refractivity contribution in [2.75, 3.05) is 38.6 Å². The van der Waals surface area contributed by atoms with E-state index in [0.717, 1.165) is 62.5 Å². The van der Waals surface area contributed by atoms with Crippen molar-refractivity contribution in [1.29, 1.82) is 0 Å². The first kappa shape index (κ1) is 12.9. The van der Waals surface area contributed by atoms with E-state index in [1.54, 1.807) is 0 Å². The van der Waals surface area contributed by atoms with Gasteiger partial charge in [0.05, 0.1) is 19.0 Å². The third-order valence-corrected chi connectivity index (χ3v) is 3.63. The van der Waals surface area contributed by atoms with Crippen LogP contribution in [0.5, 0.6) is 0 Å². The van der Waals surface area contributed by atoms with Crippen LogP contribution in [0, 0.1) is 0 Å². The summed E-state index contributed by atoms with van der Waals surface area (Å²) < 4.78 is 10.4. The highest BCUT2D eigenvalue weighted by Gasteiger charge is 2.10. The minimum atomic E-state index is 0.744. The van der Waals surface area contributed by atoms with E-state index >= 15 is 0 Å². The lowest BCUT2D eigenvalue weighted by Gasteiger charge is -2.26. The first-order valence-corrected chi connectivity index (χ1v) is 7.23. The van der Waals surface area contributed by atoms with E-state index < -0.39 is 0 Å². The number of hydrogen-bond donors (Lipinski definition) is 0. The van der Waals surface area contributed by atoms with Crippen LogP contribution in [-0.4, -0.2) is 53.6 Å². The smallest absolute Gasteiger partial charge is 0.236 e. The molecular weight excluding hydrogens is 238 g/mol. The largest absolute Gasteiger partial charge is 0.379 e. The number of rotatable bonds is 6. The topological polar surface area (TPSA) is 51.4 Å². The van der Waals surface area contributed by atoms with Gasteiger partial charge in [0.1, 0.15) is 0 Å². The summed E-state index contributed by atoms with van der Waals surface area (Å²) in [6, 6.07) is 0. The van der Waals surface area contributed by atoms with Crippen LogP contribution in [0.3, 0.4) is 0 Å². The molecule has 0 atom stereocenters. The molecule has 17 heavy (non-hydrogen) atoms. The zero-order valence-corrected chi connectivity index (χ0v) is 11.0. The predicted octanol–water partition coefficient (Wildman–Crippen LogP) is 1.20. The molecule has 1 aromatic heterocycles. The summed E-state index contributed by atoms with van der Waals surface area (Å²) in [7, 11) is 0. The normalized spacial score (nSPS) is 17.5. The van der Waals surface area contributed by atoms with Crippen LogP contribution in [0.4, 0.5) is 0 Å². The fraction of sp³-hybridized carbons (Fsp3) is 0.818. The lowest BCUT2D eigenvalue weighted by molar-refractivity contribution is 0.0410. The number of aromatic nitrogens is 2. The fourth-order valence-electron chi connectivity index (χ4n) is 1.67. The highest BCUT2D eigenvalue weighted by atomic mass is 32.2. The van der Waals surface area contributed by atoms with Gasteiger partial charge in [-0.2, -0.15) is 16.7 Å². The van der Waals surface area contributed by atoms with Gasteiger partial charge in [0, 0.05) is 31.8 Å². The second-order valence-corrected chi connectivity index (χ2v) is 5.07. The lowest BCUT2D eigenvalue weighted by Crippen LogP contribution is -2.37. The molecule has 1 aromatic rings. The summed E-state index contributed by atoms with van der Waals surface area (Å²) in [6.45, 7) is 6.99. The third kappa shape index (κ3) is 4.29. The molecule has 0 N–H and O–H groups in total. The average Bonchev–Trinajstić information content (AvgIpc) is 2.84. The molecule has 0 aliphatic carbocycles. The van der Waals surface area contributed by atoms with Crippen LogP contribution in [0.1, 0.15) is 18.6 Å². The van der Waals surface area contributed by atoms with Gasteiger partial charge in [-0.15, -0.1) is 0 Å². The van der Waals surface area contributed by atoms with Crippen molar-refractivity contribution in [3.63, 3.8) is 0 Å². The Morgan fingerprint density at radius 3 is 2.88 bits per heavy atom. The highest BCUT2D eigenvalue weighted by molar-refractivity contribution is 7.98. The molecule has 0 amide bonds. The van der Waals surface area contributed by atoms with Gasteiger partial charge >= 0.3 is 0 Å².